The molecule has 1 aromatic rings. The molecule has 0 bridgehead atoms. The van der Waals surface area contributed by atoms with E-state index in [4.69, 9.17) is 11.6 Å². The molecule has 5 nitrogen and oxygen atoms in total. The van der Waals surface area contributed by atoms with Crippen molar-refractivity contribution in [1.82, 2.24) is 5.32 Å². The van der Waals surface area contributed by atoms with Crippen molar-refractivity contribution in [3.63, 3.8) is 0 Å². The summed E-state index contributed by atoms with van der Waals surface area (Å²) in [6, 6.07) is 4.59. The number of benzene rings is 1. The highest BCUT2D eigenvalue weighted by atomic mass is 35.5. The Morgan fingerprint density at radius 2 is 2.11 bits per heavy atom. The van der Waals surface area contributed by atoms with Crippen LogP contribution in [0.5, 0.6) is 0 Å². The lowest BCUT2D eigenvalue weighted by Crippen LogP contribution is -2.37. The molecule has 0 radical (unpaired) electrons. The molecule has 104 valence electrons. The standard InChI is InChI=1S/C13H17ClN2O3/c1-8-4-5-11(10(14)6-8)16-13(18)15-9(2)7-12(17)19-3/h4-6,9H,7H2,1-3H3,(H2,15,16,18). The van der Waals surface area contributed by atoms with E-state index in [9.17, 15) is 9.59 Å². The SMILES string of the molecule is COC(=O)CC(C)NC(=O)Nc1ccc(C)cc1Cl. The molecule has 0 aliphatic heterocycles. The number of ether oxygens (including phenoxy) is 1. The molecule has 0 saturated carbocycles. The summed E-state index contributed by atoms with van der Waals surface area (Å²) in [5.74, 6) is -0.374. The monoisotopic (exact) mass is 284 g/mol. The first-order chi connectivity index (χ1) is 8.92. The van der Waals surface area contributed by atoms with E-state index in [2.05, 4.69) is 15.4 Å². The Balaban J connectivity index is 2.53. The molecule has 0 aliphatic carbocycles. The maximum atomic E-state index is 11.7. The van der Waals surface area contributed by atoms with Crippen LogP contribution in [0.1, 0.15) is 18.9 Å². The van der Waals surface area contributed by atoms with Crippen molar-refractivity contribution < 1.29 is 14.3 Å². The minimum absolute atomic E-state index is 0.117. The van der Waals surface area contributed by atoms with Crippen molar-refractivity contribution in [3.8, 4) is 0 Å². The fraction of sp³-hybridized carbons (Fsp3) is 0.385. The Hall–Kier alpha value is -1.75. The van der Waals surface area contributed by atoms with Gasteiger partial charge in [0.15, 0.2) is 0 Å². The van der Waals surface area contributed by atoms with Crippen molar-refractivity contribution in [2.24, 2.45) is 0 Å². The zero-order chi connectivity index (χ0) is 14.4. The fourth-order valence-electron chi connectivity index (χ4n) is 1.49. The highest BCUT2D eigenvalue weighted by Crippen LogP contribution is 2.22. The summed E-state index contributed by atoms with van der Waals surface area (Å²) < 4.78 is 4.52. The van der Waals surface area contributed by atoms with Gasteiger partial charge in [-0.2, -0.15) is 0 Å². The molecule has 2 amide bonds. The Labute approximate surface area is 117 Å². The lowest BCUT2D eigenvalue weighted by molar-refractivity contribution is -0.141. The predicted octanol–water partition coefficient (Wildman–Crippen LogP) is 2.72. The largest absolute Gasteiger partial charge is 0.469 e. The van der Waals surface area contributed by atoms with Crippen molar-refractivity contribution >= 4 is 29.3 Å². The second-order valence-electron chi connectivity index (χ2n) is 4.26. The number of anilines is 1. The molecule has 0 aromatic heterocycles. The summed E-state index contributed by atoms with van der Waals surface area (Å²) in [6.07, 6.45) is 0.117. The Morgan fingerprint density at radius 3 is 2.68 bits per heavy atom. The highest BCUT2D eigenvalue weighted by molar-refractivity contribution is 6.33. The molecular weight excluding hydrogens is 268 g/mol. The van der Waals surface area contributed by atoms with E-state index in [1.807, 2.05) is 13.0 Å². The number of aryl methyl sites for hydroxylation is 1. The van der Waals surface area contributed by atoms with Gasteiger partial charge in [-0.15, -0.1) is 0 Å². The Morgan fingerprint density at radius 1 is 1.42 bits per heavy atom. The molecule has 0 spiro atoms. The number of hydrogen-bond donors (Lipinski definition) is 2. The van der Waals surface area contributed by atoms with E-state index < -0.39 is 6.03 Å². The van der Waals surface area contributed by atoms with Crippen LogP contribution in [0, 0.1) is 6.92 Å². The number of esters is 1. The van der Waals surface area contributed by atoms with Gasteiger partial charge in [-0.05, 0) is 31.5 Å². The molecule has 0 saturated heterocycles. The summed E-state index contributed by atoms with van der Waals surface area (Å²) >= 11 is 6.00. The minimum atomic E-state index is -0.415. The van der Waals surface area contributed by atoms with Gasteiger partial charge >= 0.3 is 12.0 Å². The first kappa shape index (κ1) is 15.3. The summed E-state index contributed by atoms with van der Waals surface area (Å²) in [5.41, 5.74) is 1.53. The van der Waals surface area contributed by atoms with Gasteiger partial charge < -0.3 is 15.4 Å². The molecule has 0 fully saturated rings. The molecule has 1 rings (SSSR count). The van der Waals surface area contributed by atoms with Crippen molar-refractivity contribution in [3.05, 3.63) is 28.8 Å². The van der Waals surface area contributed by atoms with Gasteiger partial charge in [-0.25, -0.2) is 4.79 Å². The molecule has 6 heteroatoms. The number of carbonyl (C=O) groups excluding carboxylic acids is 2. The van der Waals surface area contributed by atoms with Crippen LogP contribution in [0.25, 0.3) is 0 Å². The Kier molecular flexibility index (Phi) is 5.63. The zero-order valence-electron chi connectivity index (χ0n) is 11.1. The lowest BCUT2D eigenvalue weighted by atomic mass is 10.2. The van der Waals surface area contributed by atoms with E-state index in [0.717, 1.165) is 5.56 Å². The topological polar surface area (TPSA) is 67.4 Å². The van der Waals surface area contributed by atoms with E-state index in [1.165, 1.54) is 7.11 Å². The van der Waals surface area contributed by atoms with Crippen LogP contribution in [0.3, 0.4) is 0 Å². The first-order valence-corrected chi connectivity index (χ1v) is 6.20. The maximum absolute atomic E-state index is 11.7. The second kappa shape index (κ2) is 6.99. The van der Waals surface area contributed by atoms with Gasteiger partial charge in [0.1, 0.15) is 0 Å². The average molecular weight is 285 g/mol. The molecule has 0 aliphatic rings. The number of halogens is 1. The van der Waals surface area contributed by atoms with Crippen LogP contribution in [0.15, 0.2) is 18.2 Å². The van der Waals surface area contributed by atoms with Crippen molar-refractivity contribution in [1.29, 1.82) is 0 Å². The van der Waals surface area contributed by atoms with E-state index >= 15 is 0 Å². The number of amides is 2. The van der Waals surface area contributed by atoms with Gasteiger partial charge in [0.2, 0.25) is 0 Å². The molecular formula is C13H17ClN2O3. The lowest BCUT2D eigenvalue weighted by Gasteiger charge is -2.14. The second-order valence-corrected chi connectivity index (χ2v) is 4.67. The van der Waals surface area contributed by atoms with Gasteiger partial charge in [0.25, 0.3) is 0 Å². The van der Waals surface area contributed by atoms with Crippen LogP contribution in [0.4, 0.5) is 10.5 Å². The summed E-state index contributed by atoms with van der Waals surface area (Å²) in [7, 11) is 1.31. The fourth-order valence-corrected chi connectivity index (χ4v) is 1.77. The van der Waals surface area contributed by atoms with Crippen molar-refractivity contribution in [2.75, 3.05) is 12.4 Å². The third-order valence-electron chi connectivity index (χ3n) is 2.45. The smallest absolute Gasteiger partial charge is 0.319 e. The minimum Gasteiger partial charge on any atom is -0.469 e. The quantitative estimate of drug-likeness (QED) is 0.836. The first-order valence-electron chi connectivity index (χ1n) is 5.83. The molecule has 2 N–H and O–H groups in total. The maximum Gasteiger partial charge on any atom is 0.319 e. The van der Waals surface area contributed by atoms with Gasteiger partial charge in [0.05, 0.1) is 24.2 Å². The third kappa shape index (κ3) is 5.18. The number of rotatable bonds is 4. The van der Waals surface area contributed by atoms with E-state index in [-0.39, 0.29) is 18.4 Å². The molecule has 1 atom stereocenters. The molecule has 19 heavy (non-hydrogen) atoms. The van der Waals surface area contributed by atoms with E-state index in [1.54, 1.807) is 19.1 Å². The predicted molar refractivity (Wildman–Crippen MR) is 74.4 cm³/mol. The number of nitrogens with one attached hydrogen (secondary N) is 2. The summed E-state index contributed by atoms with van der Waals surface area (Å²) in [5, 5.41) is 5.72. The normalized spacial score (nSPS) is 11.6. The molecule has 1 unspecified atom stereocenters. The van der Waals surface area contributed by atoms with Gasteiger partial charge in [0, 0.05) is 6.04 Å². The van der Waals surface area contributed by atoms with Gasteiger partial charge in [-0.1, -0.05) is 17.7 Å². The van der Waals surface area contributed by atoms with Crippen LogP contribution in [0.2, 0.25) is 5.02 Å². The average Bonchev–Trinajstić information content (AvgIpc) is 2.32. The van der Waals surface area contributed by atoms with Gasteiger partial charge in [-0.3, -0.25) is 4.79 Å². The molecule has 0 heterocycles. The zero-order valence-corrected chi connectivity index (χ0v) is 11.9. The van der Waals surface area contributed by atoms with Crippen molar-refractivity contribution in [2.45, 2.75) is 26.3 Å². The van der Waals surface area contributed by atoms with Crippen LogP contribution < -0.4 is 10.6 Å². The third-order valence-corrected chi connectivity index (χ3v) is 2.76. The Bertz CT molecular complexity index is 477. The summed E-state index contributed by atoms with van der Waals surface area (Å²) in [6.45, 7) is 3.63. The van der Waals surface area contributed by atoms with Crippen LogP contribution in [-0.2, 0) is 9.53 Å². The van der Waals surface area contributed by atoms with E-state index in [0.29, 0.717) is 10.7 Å². The molecule has 1 aromatic carbocycles. The number of carbonyl (C=O) groups is 2. The van der Waals surface area contributed by atoms with Crippen LogP contribution >= 0.6 is 11.6 Å². The van der Waals surface area contributed by atoms with Crippen LogP contribution in [-0.4, -0.2) is 25.2 Å². The highest BCUT2D eigenvalue weighted by Gasteiger charge is 2.12. The number of urea groups is 1. The number of methoxy groups -OCH3 is 1. The number of hydrogen-bond acceptors (Lipinski definition) is 3. The summed E-state index contributed by atoms with van der Waals surface area (Å²) in [4.78, 5) is 22.7.